The molecule has 0 aliphatic carbocycles. The highest BCUT2D eigenvalue weighted by molar-refractivity contribution is 5.12. The van der Waals surface area contributed by atoms with Gasteiger partial charge in [-0.15, -0.1) is 0 Å². The van der Waals surface area contributed by atoms with Crippen LogP contribution in [0.1, 0.15) is 25.6 Å². The van der Waals surface area contributed by atoms with Gasteiger partial charge in [0.15, 0.2) is 0 Å². The zero-order valence-corrected chi connectivity index (χ0v) is 8.21. The molecule has 2 nitrogen and oxygen atoms in total. The highest BCUT2D eigenvalue weighted by Crippen LogP contribution is 2.20. The molecular weight excluding hydrogens is 167 g/mol. The second-order valence-corrected chi connectivity index (χ2v) is 3.38. The molecule has 0 amide bonds. The number of hydrogen-bond donors (Lipinski definition) is 1. The fourth-order valence-electron chi connectivity index (χ4n) is 1.41. The largest absolute Gasteiger partial charge is 0.311 e. The number of hydrogen-bond acceptors (Lipinski definition) is 2. The molecule has 1 atom stereocenters. The van der Waals surface area contributed by atoms with E-state index < -0.39 is 0 Å². The summed E-state index contributed by atoms with van der Waals surface area (Å²) in [6.07, 6.45) is 1.62. The van der Waals surface area contributed by atoms with E-state index in [1.54, 1.807) is 12.3 Å². The van der Waals surface area contributed by atoms with Crippen molar-refractivity contribution in [1.29, 1.82) is 0 Å². The summed E-state index contributed by atoms with van der Waals surface area (Å²) in [6.45, 7) is 4.07. The Bertz CT molecular complexity index is 273. The normalized spacial score (nSPS) is 13.3. The summed E-state index contributed by atoms with van der Waals surface area (Å²) in [5, 5.41) is 3.06. The van der Waals surface area contributed by atoms with Gasteiger partial charge in [-0.05, 0) is 25.1 Å². The fourth-order valence-corrected chi connectivity index (χ4v) is 1.41. The second kappa shape index (κ2) is 4.33. The van der Waals surface area contributed by atoms with E-state index >= 15 is 0 Å². The highest BCUT2D eigenvalue weighted by Gasteiger charge is 2.17. The lowest BCUT2D eigenvalue weighted by molar-refractivity contribution is 0.413. The first kappa shape index (κ1) is 10.1. The van der Waals surface area contributed by atoms with Crippen LogP contribution in [0.5, 0.6) is 0 Å². The van der Waals surface area contributed by atoms with Crippen molar-refractivity contribution >= 4 is 0 Å². The molecule has 0 aromatic carbocycles. The number of nitrogens with zero attached hydrogens (tertiary/aromatic N) is 1. The molecule has 1 aromatic heterocycles. The van der Waals surface area contributed by atoms with Crippen molar-refractivity contribution in [1.82, 2.24) is 10.3 Å². The van der Waals surface area contributed by atoms with Crippen LogP contribution in [0.15, 0.2) is 18.3 Å². The quantitative estimate of drug-likeness (QED) is 0.774. The molecule has 0 spiro atoms. The van der Waals surface area contributed by atoms with Gasteiger partial charge in [0, 0.05) is 6.20 Å². The minimum Gasteiger partial charge on any atom is -0.311 e. The van der Waals surface area contributed by atoms with E-state index in [9.17, 15) is 4.39 Å². The Kier molecular flexibility index (Phi) is 3.37. The SMILES string of the molecule is CNC(c1ncccc1F)C(C)C. The van der Waals surface area contributed by atoms with Gasteiger partial charge in [0.05, 0.1) is 11.7 Å². The van der Waals surface area contributed by atoms with Gasteiger partial charge in [-0.25, -0.2) is 4.39 Å². The number of nitrogens with one attached hydrogen (secondary N) is 1. The van der Waals surface area contributed by atoms with Crippen LogP contribution in [0, 0.1) is 11.7 Å². The second-order valence-electron chi connectivity index (χ2n) is 3.38. The highest BCUT2D eigenvalue weighted by atomic mass is 19.1. The molecule has 1 rings (SSSR count). The summed E-state index contributed by atoms with van der Waals surface area (Å²) in [7, 11) is 1.82. The molecule has 1 unspecified atom stereocenters. The molecule has 0 fully saturated rings. The molecule has 0 aliphatic rings. The monoisotopic (exact) mass is 182 g/mol. The van der Waals surface area contributed by atoms with E-state index in [-0.39, 0.29) is 11.9 Å². The molecule has 1 heterocycles. The topological polar surface area (TPSA) is 24.9 Å². The number of pyridine rings is 1. The van der Waals surface area contributed by atoms with Crippen LogP contribution >= 0.6 is 0 Å². The van der Waals surface area contributed by atoms with Crippen LogP contribution in [-0.4, -0.2) is 12.0 Å². The molecule has 3 heteroatoms. The first-order chi connectivity index (χ1) is 6.16. The third kappa shape index (κ3) is 2.25. The van der Waals surface area contributed by atoms with E-state index in [0.717, 1.165) is 0 Å². The minimum absolute atomic E-state index is 0.0128. The molecule has 0 radical (unpaired) electrons. The van der Waals surface area contributed by atoms with Crippen molar-refractivity contribution in [2.75, 3.05) is 7.05 Å². The van der Waals surface area contributed by atoms with Crippen molar-refractivity contribution in [3.05, 3.63) is 29.8 Å². The predicted molar refractivity (Wildman–Crippen MR) is 50.8 cm³/mol. The van der Waals surface area contributed by atoms with E-state index in [1.165, 1.54) is 6.07 Å². The summed E-state index contributed by atoms with van der Waals surface area (Å²) >= 11 is 0. The Morgan fingerprint density at radius 1 is 1.46 bits per heavy atom. The summed E-state index contributed by atoms with van der Waals surface area (Å²) in [5.74, 6) is 0.0879. The number of rotatable bonds is 3. The average molecular weight is 182 g/mol. The van der Waals surface area contributed by atoms with E-state index in [0.29, 0.717) is 11.6 Å². The summed E-state index contributed by atoms with van der Waals surface area (Å²) < 4.78 is 13.3. The third-order valence-corrected chi connectivity index (χ3v) is 2.06. The van der Waals surface area contributed by atoms with Gasteiger partial charge >= 0.3 is 0 Å². The van der Waals surface area contributed by atoms with Crippen molar-refractivity contribution in [3.63, 3.8) is 0 Å². The molecule has 0 bridgehead atoms. The van der Waals surface area contributed by atoms with Crippen molar-refractivity contribution in [2.45, 2.75) is 19.9 Å². The van der Waals surface area contributed by atoms with Crippen LogP contribution in [0.3, 0.4) is 0 Å². The van der Waals surface area contributed by atoms with Crippen LogP contribution in [0.25, 0.3) is 0 Å². The van der Waals surface area contributed by atoms with E-state index in [2.05, 4.69) is 10.3 Å². The van der Waals surface area contributed by atoms with Crippen LogP contribution in [0.4, 0.5) is 4.39 Å². The number of aromatic nitrogens is 1. The van der Waals surface area contributed by atoms with Gasteiger partial charge in [-0.2, -0.15) is 0 Å². The Balaban J connectivity index is 2.97. The van der Waals surface area contributed by atoms with Crippen molar-refractivity contribution < 1.29 is 4.39 Å². The van der Waals surface area contributed by atoms with Gasteiger partial charge in [-0.1, -0.05) is 13.8 Å². The molecule has 0 saturated carbocycles. The summed E-state index contributed by atoms with van der Waals surface area (Å²) in [4.78, 5) is 4.03. The summed E-state index contributed by atoms with van der Waals surface area (Å²) in [6, 6.07) is 3.03. The lowest BCUT2D eigenvalue weighted by Crippen LogP contribution is -2.23. The standard InChI is InChI=1S/C10H15FN2/c1-7(2)9(12-3)10-8(11)5-4-6-13-10/h4-7,9,12H,1-3H3. The Hall–Kier alpha value is -0.960. The van der Waals surface area contributed by atoms with E-state index in [1.807, 2.05) is 20.9 Å². The zero-order valence-electron chi connectivity index (χ0n) is 8.21. The Morgan fingerprint density at radius 3 is 2.62 bits per heavy atom. The van der Waals surface area contributed by atoms with Crippen molar-refractivity contribution in [3.8, 4) is 0 Å². The third-order valence-electron chi connectivity index (χ3n) is 2.06. The Morgan fingerprint density at radius 2 is 2.15 bits per heavy atom. The first-order valence-electron chi connectivity index (χ1n) is 4.44. The van der Waals surface area contributed by atoms with Gasteiger partial charge in [0.1, 0.15) is 5.82 Å². The minimum atomic E-state index is -0.240. The molecule has 1 N–H and O–H groups in total. The van der Waals surface area contributed by atoms with Gasteiger partial charge in [0.25, 0.3) is 0 Å². The maximum absolute atomic E-state index is 13.3. The maximum Gasteiger partial charge on any atom is 0.146 e. The Labute approximate surface area is 78.2 Å². The number of halogens is 1. The molecule has 72 valence electrons. The average Bonchev–Trinajstić information content (AvgIpc) is 2.09. The molecular formula is C10H15FN2. The summed E-state index contributed by atoms with van der Waals surface area (Å²) in [5.41, 5.74) is 0.500. The molecule has 1 aromatic rings. The van der Waals surface area contributed by atoms with Gasteiger partial charge in [0.2, 0.25) is 0 Å². The molecule has 13 heavy (non-hydrogen) atoms. The smallest absolute Gasteiger partial charge is 0.146 e. The lowest BCUT2D eigenvalue weighted by atomic mass is 10.0. The lowest BCUT2D eigenvalue weighted by Gasteiger charge is -2.19. The van der Waals surface area contributed by atoms with Gasteiger partial charge in [-0.3, -0.25) is 4.98 Å². The predicted octanol–water partition coefficient (Wildman–Crippen LogP) is 2.14. The van der Waals surface area contributed by atoms with Crippen molar-refractivity contribution in [2.24, 2.45) is 5.92 Å². The van der Waals surface area contributed by atoms with Crippen LogP contribution in [0.2, 0.25) is 0 Å². The first-order valence-corrected chi connectivity index (χ1v) is 4.44. The van der Waals surface area contributed by atoms with Gasteiger partial charge < -0.3 is 5.32 Å². The van der Waals surface area contributed by atoms with Crippen LogP contribution < -0.4 is 5.32 Å². The van der Waals surface area contributed by atoms with Crippen LogP contribution in [-0.2, 0) is 0 Å². The maximum atomic E-state index is 13.3. The molecule has 0 aliphatic heterocycles. The zero-order chi connectivity index (χ0) is 9.84. The fraction of sp³-hybridized carbons (Fsp3) is 0.500. The molecule has 0 saturated heterocycles. The van der Waals surface area contributed by atoms with E-state index in [4.69, 9.17) is 0 Å².